The Hall–Kier alpha value is -2.87. The maximum Gasteiger partial charge on any atom is 0.228 e. The highest BCUT2D eigenvalue weighted by atomic mass is 15.2. The van der Waals surface area contributed by atoms with Crippen LogP contribution in [0.1, 0.15) is 41.1 Å². The molecule has 3 aromatic rings. The van der Waals surface area contributed by atoms with Crippen LogP contribution < -0.4 is 5.32 Å². The van der Waals surface area contributed by atoms with E-state index in [9.17, 15) is 0 Å². The molecule has 1 unspecified atom stereocenters. The van der Waals surface area contributed by atoms with Crippen LogP contribution in [0.15, 0.2) is 24.5 Å². The highest BCUT2D eigenvalue weighted by Crippen LogP contribution is 2.27. The Morgan fingerprint density at radius 1 is 1.07 bits per heavy atom. The van der Waals surface area contributed by atoms with Crippen molar-refractivity contribution in [2.75, 3.05) is 18.4 Å². The van der Waals surface area contributed by atoms with Crippen molar-refractivity contribution in [2.45, 2.75) is 39.7 Å². The minimum atomic E-state index is 0.320. The first-order valence-corrected chi connectivity index (χ1v) is 9.20. The normalized spacial score (nSPS) is 17.4. The van der Waals surface area contributed by atoms with Crippen molar-refractivity contribution in [3.63, 3.8) is 0 Å². The number of nitrogens with one attached hydrogen (secondary N) is 2. The van der Waals surface area contributed by atoms with Gasteiger partial charge >= 0.3 is 0 Å². The first-order valence-electron chi connectivity index (χ1n) is 9.20. The lowest BCUT2D eigenvalue weighted by atomic mass is 10.1. The number of rotatable bonds is 5. The number of aromatic amines is 1. The van der Waals surface area contributed by atoms with Gasteiger partial charge in [0.25, 0.3) is 0 Å². The van der Waals surface area contributed by atoms with Gasteiger partial charge in [0.05, 0.1) is 6.54 Å². The Bertz CT molecular complexity index is 901. The van der Waals surface area contributed by atoms with Crippen LogP contribution in [0.4, 0.5) is 11.8 Å². The topological polar surface area (TPSA) is 95.5 Å². The van der Waals surface area contributed by atoms with Gasteiger partial charge in [-0.3, -0.25) is 4.90 Å². The Morgan fingerprint density at radius 2 is 1.85 bits per heavy atom. The lowest BCUT2D eigenvalue weighted by Gasteiger charge is -2.15. The van der Waals surface area contributed by atoms with Gasteiger partial charge in [-0.1, -0.05) is 0 Å². The van der Waals surface area contributed by atoms with Crippen LogP contribution in [-0.2, 0) is 6.54 Å². The predicted molar refractivity (Wildman–Crippen MR) is 103 cm³/mol. The molecule has 0 amide bonds. The summed E-state index contributed by atoms with van der Waals surface area (Å²) >= 11 is 0. The molecule has 1 saturated heterocycles. The number of anilines is 2. The molecule has 1 atom stereocenters. The summed E-state index contributed by atoms with van der Waals surface area (Å²) in [6.07, 6.45) is 4.70. The average molecular weight is 364 g/mol. The SMILES string of the molecule is Cc1cc(C)nc(Nc2cc(C)nc(C3CCN(Cc4ncc[nH]4)C3)n2)n1. The molecule has 0 aliphatic carbocycles. The Labute approximate surface area is 158 Å². The Kier molecular flexibility index (Phi) is 4.81. The minimum absolute atomic E-state index is 0.320. The third kappa shape index (κ3) is 4.28. The largest absolute Gasteiger partial charge is 0.348 e. The van der Waals surface area contributed by atoms with E-state index in [0.717, 1.165) is 60.6 Å². The summed E-state index contributed by atoms with van der Waals surface area (Å²) in [4.78, 5) is 28.2. The zero-order chi connectivity index (χ0) is 18.8. The second-order valence-electron chi connectivity index (χ2n) is 7.11. The summed E-state index contributed by atoms with van der Waals surface area (Å²) < 4.78 is 0. The van der Waals surface area contributed by atoms with Crippen LogP contribution in [0.3, 0.4) is 0 Å². The molecule has 0 aromatic carbocycles. The van der Waals surface area contributed by atoms with Gasteiger partial charge in [-0.2, -0.15) is 0 Å². The van der Waals surface area contributed by atoms with Crippen molar-refractivity contribution < 1.29 is 0 Å². The number of H-pyrrole nitrogens is 1. The molecule has 0 saturated carbocycles. The summed E-state index contributed by atoms with van der Waals surface area (Å²) in [6.45, 7) is 8.70. The molecule has 2 N–H and O–H groups in total. The lowest BCUT2D eigenvalue weighted by molar-refractivity contribution is 0.318. The Balaban J connectivity index is 1.49. The smallest absolute Gasteiger partial charge is 0.228 e. The van der Waals surface area contributed by atoms with Crippen molar-refractivity contribution in [2.24, 2.45) is 0 Å². The molecule has 8 nitrogen and oxygen atoms in total. The fourth-order valence-corrected chi connectivity index (χ4v) is 3.52. The van der Waals surface area contributed by atoms with Crippen LogP contribution in [0, 0.1) is 20.8 Å². The molecule has 4 rings (SSSR count). The molecular weight excluding hydrogens is 340 g/mol. The van der Waals surface area contributed by atoms with Crippen LogP contribution >= 0.6 is 0 Å². The summed E-state index contributed by atoms with van der Waals surface area (Å²) in [6, 6.07) is 3.88. The molecular formula is C19H24N8. The van der Waals surface area contributed by atoms with E-state index >= 15 is 0 Å². The summed E-state index contributed by atoms with van der Waals surface area (Å²) in [5, 5.41) is 3.24. The van der Waals surface area contributed by atoms with Gasteiger partial charge < -0.3 is 10.3 Å². The van der Waals surface area contributed by atoms with Gasteiger partial charge in [0, 0.05) is 48.0 Å². The van der Waals surface area contributed by atoms with E-state index in [0.29, 0.717) is 11.9 Å². The quantitative estimate of drug-likeness (QED) is 0.718. The fourth-order valence-electron chi connectivity index (χ4n) is 3.52. The zero-order valence-electron chi connectivity index (χ0n) is 15.9. The van der Waals surface area contributed by atoms with Crippen molar-refractivity contribution in [3.8, 4) is 0 Å². The third-order valence-electron chi connectivity index (χ3n) is 4.66. The molecule has 140 valence electrons. The van der Waals surface area contributed by atoms with E-state index in [1.54, 1.807) is 6.20 Å². The maximum absolute atomic E-state index is 4.75. The second-order valence-corrected chi connectivity index (χ2v) is 7.11. The predicted octanol–water partition coefficient (Wildman–Crippen LogP) is 2.65. The first-order chi connectivity index (χ1) is 13.0. The minimum Gasteiger partial charge on any atom is -0.348 e. The lowest BCUT2D eigenvalue weighted by Crippen LogP contribution is -2.21. The Morgan fingerprint density at radius 3 is 2.59 bits per heavy atom. The third-order valence-corrected chi connectivity index (χ3v) is 4.66. The van der Waals surface area contributed by atoms with E-state index in [4.69, 9.17) is 4.98 Å². The van der Waals surface area contributed by atoms with Crippen LogP contribution in [0.2, 0.25) is 0 Å². The average Bonchev–Trinajstić information content (AvgIpc) is 3.26. The highest BCUT2D eigenvalue weighted by molar-refractivity contribution is 5.48. The summed E-state index contributed by atoms with van der Waals surface area (Å²) in [5.74, 6) is 3.51. The first kappa shape index (κ1) is 17.5. The van der Waals surface area contributed by atoms with Gasteiger partial charge in [-0.15, -0.1) is 0 Å². The van der Waals surface area contributed by atoms with Gasteiger partial charge in [0.15, 0.2) is 0 Å². The van der Waals surface area contributed by atoms with E-state index in [1.807, 2.05) is 39.1 Å². The molecule has 0 radical (unpaired) electrons. The van der Waals surface area contributed by atoms with Gasteiger partial charge in [0.1, 0.15) is 17.5 Å². The van der Waals surface area contributed by atoms with E-state index < -0.39 is 0 Å². The zero-order valence-corrected chi connectivity index (χ0v) is 15.9. The molecule has 1 aliphatic rings. The van der Waals surface area contributed by atoms with E-state index in [-0.39, 0.29) is 0 Å². The van der Waals surface area contributed by atoms with Crippen molar-refractivity contribution in [1.82, 2.24) is 34.8 Å². The van der Waals surface area contributed by atoms with Gasteiger partial charge in [-0.25, -0.2) is 24.9 Å². The number of hydrogen-bond acceptors (Lipinski definition) is 7. The molecule has 4 heterocycles. The molecule has 0 spiro atoms. The molecule has 0 bridgehead atoms. The van der Waals surface area contributed by atoms with E-state index in [1.165, 1.54) is 0 Å². The second kappa shape index (κ2) is 7.40. The van der Waals surface area contributed by atoms with Gasteiger partial charge in [0.2, 0.25) is 5.95 Å². The van der Waals surface area contributed by atoms with E-state index in [2.05, 4.69) is 35.1 Å². The number of nitrogens with zero attached hydrogens (tertiary/aromatic N) is 6. The molecule has 3 aromatic heterocycles. The maximum atomic E-state index is 4.75. The molecule has 8 heteroatoms. The van der Waals surface area contributed by atoms with Crippen LogP contribution in [0.25, 0.3) is 0 Å². The van der Waals surface area contributed by atoms with Crippen molar-refractivity contribution >= 4 is 11.8 Å². The number of likely N-dealkylation sites (tertiary alicyclic amines) is 1. The fraction of sp³-hybridized carbons (Fsp3) is 0.421. The number of aryl methyl sites for hydroxylation is 3. The molecule has 27 heavy (non-hydrogen) atoms. The standard InChI is InChI=1S/C19H24N8/c1-12-8-13(2)24-19(23-12)26-16-9-14(3)22-18(25-16)15-4-7-27(10-15)11-17-20-5-6-21-17/h5-6,8-9,15H,4,7,10-11H2,1-3H3,(H,20,21)(H,22,23,24,25,26). The number of hydrogen-bond donors (Lipinski definition) is 2. The number of aromatic nitrogens is 6. The van der Waals surface area contributed by atoms with Crippen molar-refractivity contribution in [3.05, 3.63) is 53.3 Å². The van der Waals surface area contributed by atoms with Crippen LogP contribution in [-0.4, -0.2) is 47.9 Å². The molecule has 1 fully saturated rings. The summed E-state index contributed by atoms with van der Waals surface area (Å²) in [7, 11) is 0. The van der Waals surface area contributed by atoms with Gasteiger partial charge in [-0.05, 0) is 39.8 Å². The molecule has 1 aliphatic heterocycles. The summed E-state index contributed by atoms with van der Waals surface area (Å²) in [5.41, 5.74) is 2.80. The van der Waals surface area contributed by atoms with Crippen molar-refractivity contribution in [1.29, 1.82) is 0 Å². The highest BCUT2D eigenvalue weighted by Gasteiger charge is 2.27. The van der Waals surface area contributed by atoms with Crippen LogP contribution in [0.5, 0.6) is 0 Å². The number of imidazole rings is 1. The monoisotopic (exact) mass is 364 g/mol.